The van der Waals surface area contributed by atoms with Crippen molar-refractivity contribution in [2.75, 3.05) is 6.54 Å². The van der Waals surface area contributed by atoms with Gasteiger partial charge in [-0.15, -0.1) is 0 Å². The first-order chi connectivity index (χ1) is 9.40. The van der Waals surface area contributed by atoms with E-state index >= 15 is 0 Å². The zero-order valence-electron chi connectivity index (χ0n) is 11.9. The molecule has 1 heterocycles. The molecule has 0 unspecified atom stereocenters. The molecule has 5 heteroatoms. The Morgan fingerprint density at radius 3 is 2.70 bits per heavy atom. The van der Waals surface area contributed by atoms with E-state index in [1.807, 2.05) is 13.8 Å². The van der Waals surface area contributed by atoms with E-state index in [1.165, 1.54) is 12.3 Å². The average Bonchev–Trinajstić information content (AvgIpc) is 2.83. The number of amides is 1. The number of carbonyl (C=O) groups excluding carboxylic acids is 1. The Labute approximate surface area is 117 Å². The van der Waals surface area contributed by atoms with Crippen molar-refractivity contribution in [1.82, 2.24) is 15.1 Å². The second-order valence-electron chi connectivity index (χ2n) is 5.45. The van der Waals surface area contributed by atoms with E-state index in [0.717, 1.165) is 0 Å². The summed E-state index contributed by atoms with van der Waals surface area (Å²) in [6, 6.07) is 6.62. The third kappa shape index (κ3) is 3.04. The summed E-state index contributed by atoms with van der Waals surface area (Å²) in [4.78, 5) is 12.0. The molecule has 1 aromatic carbocycles. The molecule has 2 rings (SSSR count). The minimum Gasteiger partial charge on any atom is -0.351 e. The highest BCUT2D eigenvalue weighted by Gasteiger charge is 2.24. The summed E-state index contributed by atoms with van der Waals surface area (Å²) in [5, 5.41) is 6.77. The average molecular weight is 275 g/mol. The Balaban J connectivity index is 2.06. The van der Waals surface area contributed by atoms with Crippen LogP contribution in [-0.4, -0.2) is 22.2 Å². The first-order valence-electron chi connectivity index (χ1n) is 6.42. The second kappa shape index (κ2) is 5.45. The summed E-state index contributed by atoms with van der Waals surface area (Å²) in [6.07, 6.45) is 3.15. The van der Waals surface area contributed by atoms with E-state index < -0.39 is 5.41 Å². The number of halogens is 1. The summed E-state index contributed by atoms with van der Waals surface area (Å²) >= 11 is 0. The standard InChI is InChI=1S/C15H18FN3O/c1-15(2,12-6-4-5-7-13(12)16)10-17-14(20)11-8-18-19(3)9-11/h4-9H,10H2,1-3H3,(H,17,20). The summed E-state index contributed by atoms with van der Waals surface area (Å²) in [7, 11) is 1.75. The molecule has 1 amide bonds. The van der Waals surface area contributed by atoms with E-state index in [-0.39, 0.29) is 11.7 Å². The molecule has 0 bridgehead atoms. The number of aryl methyl sites for hydroxylation is 1. The molecule has 1 aromatic heterocycles. The maximum Gasteiger partial charge on any atom is 0.254 e. The van der Waals surface area contributed by atoms with Crippen molar-refractivity contribution in [1.29, 1.82) is 0 Å². The number of benzene rings is 1. The van der Waals surface area contributed by atoms with Crippen LogP contribution in [0.3, 0.4) is 0 Å². The molecule has 0 fully saturated rings. The lowest BCUT2D eigenvalue weighted by molar-refractivity contribution is 0.0945. The number of nitrogens with zero attached hydrogens (tertiary/aromatic N) is 2. The topological polar surface area (TPSA) is 46.9 Å². The van der Waals surface area contributed by atoms with E-state index in [9.17, 15) is 9.18 Å². The van der Waals surface area contributed by atoms with Gasteiger partial charge in [0.05, 0.1) is 11.8 Å². The summed E-state index contributed by atoms with van der Waals surface area (Å²) in [5.74, 6) is -0.462. The van der Waals surface area contributed by atoms with Gasteiger partial charge >= 0.3 is 0 Å². The van der Waals surface area contributed by atoms with Crippen LogP contribution in [0.25, 0.3) is 0 Å². The van der Waals surface area contributed by atoms with Crippen LogP contribution < -0.4 is 5.32 Å². The Morgan fingerprint density at radius 1 is 1.40 bits per heavy atom. The van der Waals surface area contributed by atoms with Gasteiger partial charge in [0.2, 0.25) is 0 Å². The van der Waals surface area contributed by atoms with E-state index in [2.05, 4.69) is 10.4 Å². The van der Waals surface area contributed by atoms with Crippen molar-refractivity contribution in [2.45, 2.75) is 19.3 Å². The predicted molar refractivity (Wildman–Crippen MR) is 75.0 cm³/mol. The number of carbonyl (C=O) groups is 1. The molecule has 20 heavy (non-hydrogen) atoms. The van der Waals surface area contributed by atoms with Crippen LogP contribution in [0.1, 0.15) is 29.8 Å². The van der Waals surface area contributed by atoms with Gasteiger partial charge in [0.25, 0.3) is 5.91 Å². The fourth-order valence-electron chi connectivity index (χ4n) is 2.05. The molecule has 106 valence electrons. The molecular formula is C15H18FN3O. The summed E-state index contributed by atoms with van der Waals surface area (Å²) in [6.45, 7) is 4.14. The van der Waals surface area contributed by atoms with Gasteiger partial charge in [-0.3, -0.25) is 9.48 Å². The van der Waals surface area contributed by atoms with Crippen molar-refractivity contribution in [2.24, 2.45) is 7.05 Å². The SMILES string of the molecule is Cn1cc(C(=O)NCC(C)(C)c2ccccc2F)cn1. The summed E-state index contributed by atoms with van der Waals surface area (Å²) < 4.78 is 15.4. The fourth-order valence-corrected chi connectivity index (χ4v) is 2.05. The van der Waals surface area contributed by atoms with Gasteiger partial charge in [-0.25, -0.2) is 4.39 Å². The van der Waals surface area contributed by atoms with Crippen LogP contribution in [0.4, 0.5) is 4.39 Å². The third-order valence-corrected chi connectivity index (χ3v) is 3.26. The van der Waals surface area contributed by atoms with Crippen LogP contribution in [0, 0.1) is 5.82 Å². The Kier molecular flexibility index (Phi) is 3.88. The molecule has 0 aliphatic carbocycles. The first-order valence-corrected chi connectivity index (χ1v) is 6.42. The molecule has 0 atom stereocenters. The van der Waals surface area contributed by atoms with E-state index in [4.69, 9.17) is 0 Å². The van der Waals surface area contributed by atoms with E-state index in [1.54, 1.807) is 36.1 Å². The molecule has 0 aliphatic heterocycles. The molecule has 4 nitrogen and oxygen atoms in total. The molecule has 1 N–H and O–H groups in total. The number of hydrogen-bond donors (Lipinski definition) is 1. The zero-order valence-corrected chi connectivity index (χ0v) is 11.9. The number of rotatable bonds is 4. The van der Waals surface area contributed by atoms with Gasteiger partial charge in [0.15, 0.2) is 0 Å². The van der Waals surface area contributed by atoms with Gasteiger partial charge in [0.1, 0.15) is 5.82 Å². The van der Waals surface area contributed by atoms with Crippen LogP contribution in [0.5, 0.6) is 0 Å². The lowest BCUT2D eigenvalue weighted by atomic mass is 9.84. The molecule has 0 aliphatic rings. The molecule has 0 radical (unpaired) electrons. The van der Waals surface area contributed by atoms with E-state index in [0.29, 0.717) is 17.7 Å². The van der Waals surface area contributed by atoms with Gasteiger partial charge in [-0.05, 0) is 11.6 Å². The lowest BCUT2D eigenvalue weighted by Gasteiger charge is -2.26. The number of hydrogen-bond acceptors (Lipinski definition) is 2. The highest BCUT2D eigenvalue weighted by atomic mass is 19.1. The van der Waals surface area contributed by atoms with Crippen molar-refractivity contribution in [3.63, 3.8) is 0 Å². The molecule has 0 spiro atoms. The molecule has 2 aromatic rings. The van der Waals surface area contributed by atoms with Gasteiger partial charge < -0.3 is 5.32 Å². The monoisotopic (exact) mass is 275 g/mol. The predicted octanol–water partition coefficient (Wildman–Crippen LogP) is 2.27. The van der Waals surface area contributed by atoms with Crippen molar-refractivity contribution < 1.29 is 9.18 Å². The Morgan fingerprint density at radius 2 is 2.10 bits per heavy atom. The Bertz CT molecular complexity index is 619. The second-order valence-corrected chi connectivity index (χ2v) is 5.45. The zero-order chi connectivity index (χ0) is 14.8. The molecular weight excluding hydrogens is 257 g/mol. The number of nitrogens with one attached hydrogen (secondary N) is 1. The van der Waals surface area contributed by atoms with Crippen molar-refractivity contribution in [3.05, 3.63) is 53.6 Å². The molecule has 0 saturated heterocycles. The quantitative estimate of drug-likeness (QED) is 0.930. The van der Waals surface area contributed by atoms with Gasteiger partial charge in [-0.2, -0.15) is 5.10 Å². The van der Waals surface area contributed by atoms with Crippen LogP contribution in [0.2, 0.25) is 0 Å². The van der Waals surface area contributed by atoms with Crippen LogP contribution in [0.15, 0.2) is 36.7 Å². The normalized spacial score (nSPS) is 11.4. The smallest absolute Gasteiger partial charge is 0.254 e. The molecule has 0 saturated carbocycles. The largest absolute Gasteiger partial charge is 0.351 e. The number of aromatic nitrogens is 2. The minimum atomic E-state index is -0.483. The summed E-state index contributed by atoms with van der Waals surface area (Å²) in [5.41, 5.74) is 0.603. The third-order valence-electron chi connectivity index (χ3n) is 3.26. The van der Waals surface area contributed by atoms with Crippen molar-refractivity contribution >= 4 is 5.91 Å². The van der Waals surface area contributed by atoms with Gasteiger partial charge in [-0.1, -0.05) is 32.0 Å². The van der Waals surface area contributed by atoms with Gasteiger partial charge in [0, 0.05) is 25.2 Å². The lowest BCUT2D eigenvalue weighted by Crippen LogP contribution is -2.37. The highest BCUT2D eigenvalue weighted by Crippen LogP contribution is 2.24. The maximum atomic E-state index is 13.8. The fraction of sp³-hybridized carbons (Fsp3) is 0.333. The first kappa shape index (κ1) is 14.2. The maximum absolute atomic E-state index is 13.8. The van der Waals surface area contributed by atoms with Crippen LogP contribution in [-0.2, 0) is 12.5 Å². The minimum absolute atomic E-state index is 0.206. The Hall–Kier alpha value is -2.17. The van der Waals surface area contributed by atoms with Crippen LogP contribution >= 0.6 is 0 Å². The van der Waals surface area contributed by atoms with Crippen molar-refractivity contribution in [3.8, 4) is 0 Å². The highest BCUT2D eigenvalue weighted by molar-refractivity contribution is 5.93.